The molecule has 0 saturated heterocycles. The molecule has 0 bridgehead atoms. The number of nitrogens with zero attached hydrogens (tertiary/aromatic N) is 1. The molecule has 92 valence electrons. The van der Waals surface area contributed by atoms with Gasteiger partial charge in [0.15, 0.2) is 0 Å². The molecule has 0 amide bonds. The molecule has 17 heavy (non-hydrogen) atoms. The Morgan fingerprint density at radius 1 is 1.24 bits per heavy atom. The summed E-state index contributed by atoms with van der Waals surface area (Å²) in [6.45, 7) is 3.83. The number of halogens is 2. The number of nitrogens with one attached hydrogen (secondary N) is 1. The Bertz CT molecular complexity index is 483. The van der Waals surface area contributed by atoms with E-state index < -0.39 is 5.54 Å². The molecule has 1 aromatic carbocycles. The molecule has 2 aromatic rings. The van der Waals surface area contributed by atoms with Crippen molar-refractivity contribution in [3.05, 3.63) is 41.3 Å². The Kier molecular flexibility index (Phi) is 4.20. The van der Waals surface area contributed by atoms with Crippen LogP contribution in [0, 0.1) is 0 Å². The monoisotopic (exact) mass is 271 g/mol. The largest absolute Gasteiger partial charge is 0.340 e. The van der Waals surface area contributed by atoms with Gasteiger partial charge in [-0.05, 0) is 31.5 Å². The lowest BCUT2D eigenvalue weighted by Gasteiger charge is -2.14. The van der Waals surface area contributed by atoms with E-state index in [9.17, 15) is 0 Å². The molecule has 5 heteroatoms. The zero-order valence-electron chi connectivity index (χ0n) is 9.70. The summed E-state index contributed by atoms with van der Waals surface area (Å²) < 4.78 is 0. The molecule has 2 rings (SSSR count). The first-order valence-corrected chi connectivity index (χ1v) is 5.45. The van der Waals surface area contributed by atoms with Crippen LogP contribution in [0.25, 0.3) is 11.3 Å². The number of aromatic amines is 1. The molecule has 0 atom stereocenters. The van der Waals surface area contributed by atoms with E-state index in [-0.39, 0.29) is 12.4 Å². The molecule has 0 spiro atoms. The van der Waals surface area contributed by atoms with Gasteiger partial charge in [-0.15, -0.1) is 12.4 Å². The van der Waals surface area contributed by atoms with Crippen molar-refractivity contribution in [3.8, 4) is 11.3 Å². The lowest BCUT2D eigenvalue weighted by molar-refractivity contribution is 0.520. The van der Waals surface area contributed by atoms with E-state index in [1.165, 1.54) is 0 Å². The average Bonchev–Trinajstić information content (AvgIpc) is 2.67. The van der Waals surface area contributed by atoms with Crippen LogP contribution < -0.4 is 5.73 Å². The smallest absolute Gasteiger partial charge is 0.126 e. The van der Waals surface area contributed by atoms with E-state index in [1.54, 1.807) is 6.20 Å². The summed E-state index contributed by atoms with van der Waals surface area (Å²) in [5, 5.41) is 0.725. The molecule has 0 fully saturated rings. The molecule has 0 radical (unpaired) electrons. The number of hydrogen-bond donors (Lipinski definition) is 2. The second kappa shape index (κ2) is 5.08. The highest BCUT2D eigenvalue weighted by atomic mass is 35.5. The van der Waals surface area contributed by atoms with Gasteiger partial charge in [-0.25, -0.2) is 4.98 Å². The van der Waals surface area contributed by atoms with Crippen molar-refractivity contribution in [3.63, 3.8) is 0 Å². The fraction of sp³-hybridized carbons (Fsp3) is 0.250. The van der Waals surface area contributed by atoms with Crippen molar-refractivity contribution in [2.45, 2.75) is 19.4 Å². The van der Waals surface area contributed by atoms with Gasteiger partial charge in [0.2, 0.25) is 0 Å². The van der Waals surface area contributed by atoms with E-state index in [1.807, 2.05) is 38.1 Å². The normalized spacial score (nSPS) is 11.1. The lowest BCUT2D eigenvalue weighted by atomic mass is 10.1. The summed E-state index contributed by atoms with van der Waals surface area (Å²) in [4.78, 5) is 7.48. The van der Waals surface area contributed by atoms with Gasteiger partial charge in [-0.1, -0.05) is 23.7 Å². The molecule has 1 heterocycles. The second-order valence-corrected chi connectivity index (χ2v) is 4.81. The standard InChI is InChI=1S/C12H14ClN3.ClH/c1-12(2,14)11-15-7-10(16-11)8-3-5-9(13)6-4-8;/h3-7H,14H2,1-2H3,(H,15,16);1H. The number of rotatable bonds is 2. The Hall–Kier alpha value is -1.03. The van der Waals surface area contributed by atoms with E-state index >= 15 is 0 Å². The van der Waals surface area contributed by atoms with Crippen LogP contribution in [0.4, 0.5) is 0 Å². The van der Waals surface area contributed by atoms with Crippen LogP contribution in [0.15, 0.2) is 30.5 Å². The topological polar surface area (TPSA) is 54.7 Å². The van der Waals surface area contributed by atoms with Crippen molar-refractivity contribution in [1.82, 2.24) is 9.97 Å². The maximum Gasteiger partial charge on any atom is 0.126 e. The Morgan fingerprint density at radius 2 is 1.82 bits per heavy atom. The minimum Gasteiger partial charge on any atom is -0.340 e. The average molecular weight is 272 g/mol. The van der Waals surface area contributed by atoms with Gasteiger partial charge in [0.25, 0.3) is 0 Å². The maximum absolute atomic E-state index is 5.96. The molecular formula is C12H15Cl2N3. The number of H-pyrrole nitrogens is 1. The summed E-state index contributed by atoms with van der Waals surface area (Å²) in [5.74, 6) is 0.775. The number of imidazole rings is 1. The highest BCUT2D eigenvalue weighted by molar-refractivity contribution is 6.30. The summed E-state index contributed by atoms with van der Waals surface area (Å²) >= 11 is 5.83. The van der Waals surface area contributed by atoms with E-state index in [4.69, 9.17) is 17.3 Å². The summed E-state index contributed by atoms with van der Waals surface area (Å²) in [6, 6.07) is 7.60. The highest BCUT2D eigenvalue weighted by Gasteiger charge is 2.18. The molecule has 1 aromatic heterocycles. The van der Waals surface area contributed by atoms with Crippen molar-refractivity contribution < 1.29 is 0 Å². The Morgan fingerprint density at radius 3 is 2.29 bits per heavy atom. The third kappa shape index (κ3) is 3.22. The van der Waals surface area contributed by atoms with Crippen LogP contribution in [-0.4, -0.2) is 9.97 Å². The summed E-state index contributed by atoms with van der Waals surface area (Å²) in [5.41, 5.74) is 7.50. The third-order valence-corrected chi connectivity index (χ3v) is 2.59. The number of benzene rings is 1. The quantitative estimate of drug-likeness (QED) is 0.880. The van der Waals surface area contributed by atoms with Crippen LogP contribution in [0.5, 0.6) is 0 Å². The van der Waals surface area contributed by atoms with Crippen LogP contribution in [0.3, 0.4) is 0 Å². The zero-order valence-corrected chi connectivity index (χ0v) is 11.3. The molecule has 0 saturated carbocycles. The fourth-order valence-corrected chi connectivity index (χ4v) is 1.55. The minimum absolute atomic E-state index is 0. The van der Waals surface area contributed by atoms with Crippen LogP contribution in [0.1, 0.15) is 19.7 Å². The van der Waals surface area contributed by atoms with Crippen LogP contribution in [0.2, 0.25) is 5.02 Å². The molecular weight excluding hydrogens is 257 g/mol. The molecule has 3 nitrogen and oxygen atoms in total. The van der Waals surface area contributed by atoms with Crippen molar-refractivity contribution in [1.29, 1.82) is 0 Å². The third-order valence-electron chi connectivity index (χ3n) is 2.34. The fourth-order valence-electron chi connectivity index (χ4n) is 1.42. The van der Waals surface area contributed by atoms with E-state index in [0.717, 1.165) is 22.1 Å². The SMILES string of the molecule is CC(C)(N)c1ncc(-c2ccc(Cl)cc2)[nH]1.Cl. The minimum atomic E-state index is -0.454. The van der Waals surface area contributed by atoms with Gasteiger partial charge in [-0.3, -0.25) is 0 Å². The number of hydrogen-bond acceptors (Lipinski definition) is 2. The first kappa shape index (κ1) is 14.0. The molecule has 0 aliphatic heterocycles. The second-order valence-electron chi connectivity index (χ2n) is 4.37. The van der Waals surface area contributed by atoms with Gasteiger partial charge >= 0.3 is 0 Å². The van der Waals surface area contributed by atoms with E-state index in [2.05, 4.69) is 9.97 Å². The maximum atomic E-state index is 5.96. The van der Waals surface area contributed by atoms with Gasteiger partial charge in [-0.2, -0.15) is 0 Å². The zero-order chi connectivity index (χ0) is 11.8. The van der Waals surface area contributed by atoms with Gasteiger partial charge in [0, 0.05) is 5.02 Å². The Balaban J connectivity index is 0.00000144. The lowest BCUT2D eigenvalue weighted by Crippen LogP contribution is -2.30. The first-order chi connectivity index (χ1) is 7.47. The molecule has 0 aliphatic rings. The Labute approximate surface area is 112 Å². The van der Waals surface area contributed by atoms with Gasteiger partial charge in [0.1, 0.15) is 5.82 Å². The van der Waals surface area contributed by atoms with Crippen LogP contribution in [-0.2, 0) is 5.54 Å². The predicted molar refractivity (Wildman–Crippen MR) is 73.5 cm³/mol. The number of aromatic nitrogens is 2. The molecule has 0 unspecified atom stereocenters. The first-order valence-electron chi connectivity index (χ1n) is 5.07. The van der Waals surface area contributed by atoms with Crippen molar-refractivity contribution >= 4 is 24.0 Å². The van der Waals surface area contributed by atoms with E-state index in [0.29, 0.717) is 0 Å². The molecule has 3 N–H and O–H groups in total. The highest BCUT2D eigenvalue weighted by Crippen LogP contribution is 2.22. The summed E-state index contributed by atoms with van der Waals surface area (Å²) in [6.07, 6.45) is 1.78. The van der Waals surface area contributed by atoms with Gasteiger partial charge < -0.3 is 10.7 Å². The van der Waals surface area contributed by atoms with Gasteiger partial charge in [0.05, 0.1) is 17.4 Å². The van der Waals surface area contributed by atoms with Crippen molar-refractivity contribution in [2.75, 3.05) is 0 Å². The summed E-state index contributed by atoms with van der Waals surface area (Å²) in [7, 11) is 0. The predicted octanol–water partition coefficient (Wildman–Crippen LogP) is 3.35. The van der Waals surface area contributed by atoms with Crippen LogP contribution >= 0.6 is 24.0 Å². The van der Waals surface area contributed by atoms with Crippen molar-refractivity contribution in [2.24, 2.45) is 5.73 Å². The number of nitrogens with two attached hydrogens (primary N) is 1. The molecule has 0 aliphatic carbocycles.